The highest BCUT2D eigenvalue weighted by Gasteiger charge is 2.38. The number of hydrogen-bond acceptors (Lipinski definition) is 0. The highest BCUT2D eigenvalue weighted by atomic mass is 127. The molecule has 0 fully saturated rings. The standard InChI is InChI=1S/C13H15ISi/c1-4-12-11(9-14)10-7-5-6-8-13(10)15(12,2)3/h4-9H,1-3H3/b11-9-,12-4+. The number of benzene rings is 1. The van der Waals surface area contributed by atoms with Gasteiger partial charge in [0.05, 0.1) is 0 Å². The third kappa shape index (κ3) is 1.54. The molecule has 0 radical (unpaired) electrons. The van der Waals surface area contributed by atoms with Crippen molar-refractivity contribution in [3.63, 3.8) is 0 Å². The van der Waals surface area contributed by atoms with Crippen molar-refractivity contribution in [2.24, 2.45) is 0 Å². The lowest BCUT2D eigenvalue weighted by atomic mass is 10.1. The van der Waals surface area contributed by atoms with E-state index in [1.54, 1.807) is 10.4 Å². The van der Waals surface area contributed by atoms with Gasteiger partial charge in [-0.25, -0.2) is 0 Å². The fraction of sp³-hybridized carbons (Fsp3) is 0.231. The Balaban J connectivity index is 2.76. The monoisotopic (exact) mass is 326 g/mol. The van der Waals surface area contributed by atoms with Crippen molar-refractivity contribution in [2.75, 3.05) is 0 Å². The van der Waals surface area contributed by atoms with E-state index in [0.717, 1.165) is 0 Å². The molecule has 1 aromatic carbocycles. The molecular formula is C13H15ISi. The minimum Gasteiger partial charge on any atom is -0.0874 e. The largest absolute Gasteiger partial charge is 0.113 e. The fourth-order valence-electron chi connectivity index (χ4n) is 2.52. The molecule has 0 saturated carbocycles. The van der Waals surface area contributed by atoms with Crippen LogP contribution in [0, 0.1) is 0 Å². The lowest BCUT2D eigenvalue weighted by Crippen LogP contribution is -2.39. The van der Waals surface area contributed by atoms with Gasteiger partial charge < -0.3 is 0 Å². The van der Waals surface area contributed by atoms with Crippen LogP contribution in [0.3, 0.4) is 0 Å². The fourth-order valence-corrected chi connectivity index (χ4v) is 6.78. The van der Waals surface area contributed by atoms with Crippen LogP contribution in [0.5, 0.6) is 0 Å². The van der Waals surface area contributed by atoms with Crippen LogP contribution in [0.4, 0.5) is 0 Å². The van der Waals surface area contributed by atoms with Crippen molar-refractivity contribution in [3.05, 3.63) is 45.2 Å². The molecule has 1 aliphatic rings. The van der Waals surface area contributed by atoms with Gasteiger partial charge in [-0.15, -0.1) is 0 Å². The van der Waals surface area contributed by atoms with Crippen LogP contribution in [-0.2, 0) is 0 Å². The Morgan fingerprint density at radius 3 is 2.47 bits per heavy atom. The average Bonchev–Trinajstić information content (AvgIpc) is 2.46. The molecule has 2 rings (SSSR count). The van der Waals surface area contributed by atoms with E-state index in [4.69, 9.17) is 0 Å². The van der Waals surface area contributed by atoms with E-state index in [2.05, 4.69) is 77.0 Å². The molecule has 2 heteroatoms. The maximum absolute atomic E-state index is 2.44. The van der Waals surface area contributed by atoms with Gasteiger partial charge in [0.1, 0.15) is 8.07 Å². The maximum Gasteiger partial charge on any atom is 0.113 e. The van der Waals surface area contributed by atoms with Gasteiger partial charge in [0.25, 0.3) is 0 Å². The van der Waals surface area contributed by atoms with Gasteiger partial charge in [-0.1, -0.05) is 71.2 Å². The molecule has 1 heterocycles. The van der Waals surface area contributed by atoms with Crippen LogP contribution < -0.4 is 5.19 Å². The molecule has 0 atom stereocenters. The first-order valence-electron chi connectivity index (χ1n) is 5.20. The summed E-state index contributed by atoms with van der Waals surface area (Å²) in [6.07, 6.45) is 2.30. The second-order valence-electron chi connectivity index (χ2n) is 4.40. The smallest absolute Gasteiger partial charge is 0.0874 e. The molecule has 0 N–H and O–H groups in total. The lowest BCUT2D eigenvalue weighted by molar-refractivity contribution is 1.66. The quantitative estimate of drug-likeness (QED) is 0.501. The van der Waals surface area contributed by atoms with E-state index in [-0.39, 0.29) is 0 Å². The van der Waals surface area contributed by atoms with E-state index >= 15 is 0 Å². The molecule has 0 saturated heterocycles. The van der Waals surface area contributed by atoms with Crippen LogP contribution in [0.15, 0.2) is 39.6 Å². The summed E-state index contributed by atoms with van der Waals surface area (Å²) < 4.78 is 2.23. The number of halogens is 1. The van der Waals surface area contributed by atoms with Crippen molar-refractivity contribution in [2.45, 2.75) is 20.0 Å². The molecule has 1 aromatic rings. The van der Waals surface area contributed by atoms with Crippen molar-refractivity contribution in [1.82, 2.24) is 0 Å². The Labute approximate surface area is 106 Å². The summed E-state index contributed by atoms with van der Waals surface area (Å²) in [5.41, 5.74) is 2.90. The molecule has 0 bridgehead atoms. The predicted molar refractivity (Wildman–Crippen MR) is 79.3 cm³/mol. The van der Waals surface area contributed by atoms with Crippen molar-refractivity contribution in [3.8, 4) is 0 Å². The molecule has 0 aromatic heterocycles. The first-order valence-corrected chi connectivity index (χ1v) is 9.45. The Hall–Kier alpha value is -0.353. The Bertz CT molecular complexity index is 455. The van der Waals surface area contributed by atoms with Gasteiger partial charge in [-0.05, 0) is 27.3 Å². The average molecular weight is 326 g/mol. The normalized spacial score (nSPS) is 23.5. The van der Waals surface area contributed by atoms with E-state index in [1.807, 2.05) is 0 Å². The highest BCUT2D eigenvalue weighted by Crippen LogP contribution is 2.37. The lowest BCUT2D eigenvalue weighted by Gasteiger charge is -2.18. The Kier molecular flexibility index (Phi) is 2.90. The number of rotatable bonds is 0. The number of allylic oxidation sites excluding steroid dienone is 3. The van der Waals surface area contributed by atoms with Crippen LogP contribution in [0.25, 0.3) is 5.57 Å². The second-order valence-corrected chi connectivity index (χ2v) is 9.35. The van der Waals surface area contributed by atoms with E-state index in [1.165, 1.54) is 11.1 Å². The SMILES string of the molecule is C/C=C1\C(=C/I)c2ccccc2[Si]1(C)C. The summed E-state index contributed by atoms with van der Waals surface area (Å²) in [5, 5.41) is 3.17. The summed E-state index contributed by atoms with van der Waals surface area (Å²) in [5.74, 6) is 0. The minimum atomic E-state index is -1.39. The molecule has 0 nitrogen and oxygen atoms in total. The van der Waals surface area contributed by atoms with Crippen LogP contribution in [0.2, 0.25) is 13.1 Å². The van der Waals surface area contributed by atoms with Gasteiger partial charge in [-0.2, -0.15) is 0 Å². The topological polar surface area (TPSA) is 0 Å². The maximum atomic E-state index is 2.44. The third-order valence-corrected chi connectivity index (χ3v) is 7.56. The molecule has 0 aliphatic carbocycles. The summed E-state index contributed by atoms with van der Waals surface area (Å²) in [6.45, 7) is 7.04. The summed E-state index contributed by atoms with van der Waals surface area (Å²) >= 11 is 2.36. The zero-order valence-electron chi connectivity index (χ0n) is 9.34. The molecule has 78 valence electrons. The predicted octanol–water partition coefficient (Wildman–Crippen LogP) is 3.88. The summed E-state index contributed by atoms with van der Waals surface area (Å²) in [6, 6.07) is 8.86. The van der Waals surface area contributed by atoms with E-state index < -0.39 is 8.07 Å². The van der Waals surface area contributed by atoms with Crippen molar-refractivity contribution in [1.29, 1.82) is 0 Å². The van der Waals surface area contributed by atoms with E-state index in [9.17, 15) is 0 Å². The zero-order valence-corrected chi connectivity index (χ0v) is 12.5. The minimum absolute atomic E-state index is 1.39. The summed E-state index contributed by atoms with van der Waals surface area (Å²) in [4.78, 5) is 0. The number of hydrogen-bond donors (Lipinski definition) is 0. The third-order valence-electron chi connectivity index (χ3n) is 3.25. The molecular weight excluding hydrogens is 311 g/mol. The molecule has 0 spiro atoms. The van der Waals surface area contributed by atoms with E-state index in [0.29, 0.717) is 0 Å². The zero-order chi connectivity index (χ0) is 11.1. The first-order chi connectivity index (χ1) is 7.12. The van der Waals surface area contributed by atoms with Gasteiger partial charge in [-0.3, -0.25) is 0 Å². The Morgan fingerprint density at radius 2 is 1.87 bits per heavy atom. The van der Waals surface area contributed by atoms with Gasteiger partial charge >= 0.3 is 0 Å². The highest BCUT2D eigenvalue weighted by molar-refractivity contribution is 14.1. The Morgan fingerprint density at radius 1 is 1.20 bits per heavy atom. The molecule has 15 heavy (non-hydrogen) atoms. The second kappa shape index (κ2) is 3.90. The van der Waals surface area contributed by atoms with Gasteiger partial charge in [0.2, 0.25) is 0 Å². The molecule has 0 amide bonds. The van der Waals surface area contributed by atoms with Crippen molar-refractivity contribution >= 4 is 41.4 Å². The van der Waals surface area contributed by atoms with Gasteiger partial charge in [0, 0.05) is 0 Å². The number of fused-ring (bicyclic) bond motifs is 1. The molecule has 1 aliphatic heterocycles. The summed E-state index contributed by atoms with van der Waals surface area (Å²) in [7, 11) is -1.39. The van der Waals surface area contributed by atoms with Crippen LogP contribution >= 0.6 is 22.6 Å². The molecule has 0 unspecified atom stereocenters. The van der Waals surface area contributed by atoms with Gasteiger partial charge in [0.15, 0.2) is 0 Å². The van der Waals surface area contributed by atoms with Crippen LogP contribution in [-0.4, -0.2) is 8.07 Å². The van der Waals surface area contributed by atoms with Crippen molar-refractivity contribution < 1.29 is 0 Å². The first kappa shape index (κ1) is 11.1. The van der Waals surface area contributed by atoms with Crippen LogP contribution in [0.1, 0.15) is 12.5 Å².